The normalized spacial score (nSPS) is 14.4. The summed E-state index contributed by atoms with van der Waals surface area (Å²) in [5.74, 6) is -0.467. The van der Waals surface area contributed by atoms with Gasteiger partial charge < -0.3 is 15.7 Å². The van der Waals surface area contributed by atoms with Crippen LogP contribution in [-0.4, -0.2) is 35.6 Å². The Morgan fingerprint density at radius 3 is 2.25 bits per heavy atom. The molecule has 5 nitrogen and oxygen atoms in total. The number of hydrogen-bond acceptors (Lipinski definition) is 3. The van der Waals surface area contributed by atoms with E-state index in [4.69, 9.17) is 0 Å². The van der Waals surface area contributed by atoms with Gasteiger partial charge in [0.1, 0.15) is 6.04 Å². The Labute approximate surface area is 96.6 Å². The largest absolute Gasteiger partial charge is 0.391 e. The smallest absolute Gasteiger partial charge is 0.242 e. The maximum absolute atomic E-state index is 11.7. The summed E-state index contributed by atoms with van der Waals surface area (Å²) < 4.78 is 0. The van der Waals surface area contributed by atoms with E-state index in [9.17, 15) is 14.7 Å². The van der Waals surface area contributed by atoms with E-state index in [1.54, 1.807) is 0 Å². The summed E-state index contributed by atoms with van der Waals surface area (Å²) in [6, 6.07) is -0.540. The van der Waals surface area contributed by atoms with Crippen molar-refractivity contribution in [3.63, 3.8) is 0 Å². The molecule has 2 atom stereocenters. The predicted molar refractivity (Wildman–Crippen MR) is 61.8 cm³/mol. The van der Waals surface area contributed by atoms with E-state index in [-0.39, 0.29) is 24.3 Å². The highest BCUT2D eigenvalue weighted by molar-refractivity contribution is 5.87. The van der Waals surface area contributed by atoms with Crippen LogP contribution in [0.3, 0.4) is 0 Å². The van der Waals surface area contributed by atoms with Gasteiger partial charge in [-0.1, -0.05) is 20.8 Å². The van der Waals surface area contributed by atoms with Gasteiger partial charge in [-0.2, -0.15) is 0 Å². The number of hydrogen-bond donors (Lipinski definition) is 3. The number of aliphatic hydroxyl groups excluding tert-OH is 1. The lowest BCUT2D eigenvalue weighted by Gasteiger charge is -2.21. The summed E-state index contributed by atoms with van der Waals surface area (Å²) in [6.45, 7) is 7.15. The third-order valence-corrected chi connectivity index (χ3v) is 2.29. The van der Waals surface area contributed by atoms with Crippen LogP contribution in [0.2, 0.25) is 0 Å². The quantitative estimate of drug-likeness (QED) is 0.602. The number of carbonyl (C=O) groups excluding carboxylic acids is 2. The lowest BCUT2D eigenvalue weighted by atomic mass is 10.0. The summed E-state index contributed by atoms with van der Waals surface area (Å²) in [7, 11) is 0. The molecule has 5 heteroatoms. The van der Waals surface area contributed by atoms with Gasteiger partial charge in [-0.05, 0) is 12.3 Å². The van der Waals surface area contributed by atoms with Crippen molar-refractivity contribution in [3.05, 3.63) is 0 Å². The molecule has 0 heterocycles. The van der Waals surface area contributed by atoms with E-state index in [0.717, 1.165) is 0 Å². The summed E-state index contributed by atoms with van der Waals surface area (Å²) in [4.78, 5) is 22.6. The molecular weight excluding hydrogens is 208 g/mol. The van der Waals surface area contributed by atoms with Gasteiger partial charge in [0, 0.05) is 13.5 Å². The SMILES string of the molecule is CCC(O)CNC(=O)C(NC(C)=O)C(C)C. The Hall–Kier alpha value is -1.10. The summed E-state index contributed by atoms with van der Waals surface area (Å²) >= 11 is 0. The molecule has 16 heavy (non-hydrogen) atoms. The average molecular weight is 230 g/mol. The monoisotopic (exact) mass is 230 g/mol. The zero-order valence-electron chi connectivity index (χ0n) is 10.4. The number of aliphatic hydroxyl groups is 1. The van der Waals surface area contributed by atoms with Crippen LogP contribution >= 0.6 is 0 Å². The molecule has 0 spiro atoms. The van der Waals surface area contributed by atoms with Crippen molar-refractivity contribution in [1.82, 2.24) is 10.6 Å². The first-order chi connectivity index (χ1) is 7.38. The van der Waals surface area contributed by atoms with Gasteiger partial charge in [0.05, 0.1) is 6.10 Å². The second kappa shape index (κ2) is 7.22. The second-order valence-electron chi connectivity index (χ2n) is 4.23. The van der Waals surface area contributed by atoms with Crippen molar-refractivity contribution in [3.8, 4) is 0 Å². The van der Waals surface area contributed by atoms with Crippen LogP contribution in [-0.2, 0) is 9.59 Å². The summed E-state index contributed by atoms with van der Waals surface area (Å²) in [5, 5.41) is 14.5. The average Bonchev–Trinajstić information content (AvgIpc) is 2.21. The van der Waals surface area contributed by atoms with E-state index in [1.165, 1.54) is 6.92 Å². The molecule has 0 bridgehead atoms. The zero-order valence-corrected chi connectivity index (χ0v) is 10.4. The Morgan fingerprint density at radius 2 is 1.88 bits per heavy atom. The topological polar surface area (TPSA) is 78.4 Å². The molecule has 0 saturated carbocycles. The Bertz CT molecular complexity index is 241. The summed E-state index contributed by atoms with van der Waals surface area (Å²) in [5.41, 5.74) is 0. The van der Waals surface area contributed by atoms with E-state index in [1.807, 2.05) is 20.8 Å². The zero-order chi connectivity index (χ0) is 12.7. The lowest BCUT2D eigenvalue weighted by Crippen LogP contribution is -2.50. The van der Waals surface area contributed by atoms with Gasteiger partial charge in [0.2, 0.25) is 11.8 Å². The molecule has 0 aliphatic heterocycles. The number of amides is 2. The van der Waals surface area contributed by atoms with Gasteiger partial charge in [-0.3, -0.25) is 9.59 Å². The van der Waals surface area contributed by atoms with Crippen molar-refractivity contribution < 1.29 is 14.7 Å². The van der Waals surface area contributed by atoms with Gasteiger partial charge >= 0.3 is 0 Å². The second-order valence-corrected chi connectivity index (χ2v) is 4.23. The standard InChI is InChI=1S/C11H22N2O3/c1-5-9(15)6-12-11(16)10(7(2)3)13-8(4)14/h7,9-10,15H,5-6H2,1-4H3,(H,12,16)(H,13,14). The molecule has 2 amide bonds. The lowest BCUT2D eigenvalue weighted by molar-refractivity contribution is -0.129. The summed E-state index contributed by atoms with van der Waals surface area (Å²) in [6.07, 6.45) is 0.0568. The predicted octanol–water partition coefficient (Wildman–Crippen LogP) is 0.0342. The fraction of sp³-hybridized carbons (Fsp3) is 0.818. The molecular formula is C11H22N2O3. The minimum Gasteiger partial charge on any atom is -0.391 e. The minimum absolute atomic E-state index is 0.0164. The molecule has 0 rings (SSSR count). The van der Waals surface area contributed by atoms with Crippen molar-refractivity contribution in [1.29, 1.82) is 0 Å². The third-order valence-electron chi connectivity index (χ3n) is 2.29. The number of carbonyl (C=O) groups is 2. The van der Waals surface area contributed by atoms with Crippen LogP contribution in [0.4, 0.5) is 0 Å². The highest BCUT2D eigenvalue weighted by atomic mass is 16.3. The van der Waals surface area contributed by atoms with Crippen LogP contribution < -0.4 is 10.6 Å². The molecule has 0 fully saturated rings. The number of rotatable bonds is 6. The first kappa shape index (κ1) is 14.9. The van der Waals surface area contributed by atoms with Crippen molar-refractivity contribution >= 4 is 11.8 Å². The highest BCUT2D eigenvalue weighted by Crippen LogP contribution is 2.01. The van der Waals surface area contributed by atoms with Crippen molar-refractivity contribution in [2.75, 3.05) is 6.54 Å². The fourth-order valence-corrected chi connectivity index (χ4v) is 1.23. The molecule has 0 aliphatic carbocycles. The highest BCUT2D eigenvalue weighted by Gasteiger charge is 2.22. The first-order valence-electron chi connectivity index (χ1n) is 5.61. The maximum atomic E-state index is 11.7. The molecule has 0 aromatic carbocycles. The molecule has 3 N–H and O–H groups in total. The van der Waals surface area contributed by atoms with Gasteiger partial charge in [-0.25, -0.2) is 0 Å². The minimum atomic E-state index is -0.540. The van der Waals surface area contributed by atoms with Gasteiger partial charge in [-0.15, -0.1) is 0 Å². The Balaban J connectivity index is 4.22. The fourth-order valence-electron chi connectivity index (χ4n) is 1.23. The van der Waals surface area contributed by atoms with E-state index >= 15 is 0 Å². The maximum Gasteiger partial charge on any atom is 0.242 e. The molecule has 0 radical (unpaired) electrons. The first-order valence-corrected chi connectivity index (χ1v) is 5.61. The molecule has 0 aromatic heterocycles. The van der Waals surface area contributed by atoms with Gasteiger partial charge in [0.15, 0.2) is 0 Å². The van der Waals surface area contributed by atoms with E-state index in [2.05, 4.69) is 10.6 Å². The third kappa shape index (κ3) is 5.70. The van der Waals surface area contributed by atoms with Crippen LogP contribution in [0.15, 0.2) is 0 Å². The molecule has 0 aliphatic rings. The van der Waals surface area contributed by atoms with Crippen LogP contribution in [0.1, 0.15) is 34.1 Å². The van der Waals surface area contributed by atoms with Crippen molar-refractivity contribution in [2.24, 2.45) is 5.92 Å². The van der Waals surface area contributed by atoms with Crippen molar-refractivity contribution in [2.45, 2.75) is 46.3 Å². The molecule has 2 unspecified atom stereocenters. The Morgan fingerprint density at radius 1 is 1.31 bits per heavy atom. The molecule has 94 valence electrons. The number of nitrogens with one attached hydrogen (secondary N) is 2. The van der Waals surface area contributed by atoms with Crippen LogP contribution in [0.5, 0.6) is 0 Å². The van der Waals surface area contributed by atoms with Crippen LogP contribution in [0.25, 0.3) is 0 Å². The van der Waals surface area contributed by atoms with Crippen LogP contribution in [0, 0.1) is 5.92 Å². The Kier molecular flexibility index (Phi) is 6.72. The molecule has 0 aromatic rings. The van der Waals surface area contributed by atoms with E-state index < -0.39 is 12.1 Å². The molecule has 0 saturated heterocycles. The van der Waals surface area contributed by atoms with Gasteiger partial charge in [0.25, 0.3) is 0 Å². The van der Waals surface area contributed by atoms with E-state index in [0.29, 0.717) is 6.42 Å².